The van der Waals surface area contributed by atoms with Gasteiger partial charge in [0.05, 0.1) is 0 Å². The minimum absolute atomic E-state index is 0.378. The van der Waals surface area contributed by atoms with Gasteiger partial charge in [-0.05, 0) is 41.5 Å². The summed E-state index contributed by atoms with van der Waals surface area (Å²) in [5, 5.41) is 0. The summed E-state index contributed by atoms with van der Waals surface area (Å²) in [4.78, 5) is 2.55. The Morgan fingerprint density at radius 2 is 1.00 bits per heavy atom. The van der Waals surface area contributed by atoms with Crippen molar-refractivity contribution in [1.82, 2.24) is 4.90 Å². The standard InChI is InChI=1S/C20H43N/c1-12-18(5,6)14-20(9,10)16-21(11)15-19(7,8)13-17(2,3)4/h12-16H2,1-11H3. The SMILES string of the molecule is CCC(C)(C)CC(C)(C)CN(C)CC(C)(C)CC(C)(C)C. The van der Waals surface area contributed by atoms with E-state index in [9.17, 15) is 0 Å². The maximum absolute atomic E-state index is 2.55. The van der Waals surface area contributed by atoms with E-state index in [1.807, 2.05) is 0 Å². The first kappa shape index (κ1) is 21.0. The molecule has 0 bridgehead atoms. The van der Waals surface area contributed by atoms with Crippen LogP contribution >= 0.6 is 0 Å². The largest absolute Gasteiger partial charge is 0.305 e. The van der Waals surface area contributed by atoms with Gasteiger partial charge in [0, 0.05) is 13.1 Å². The molecule has 0 N–H and O–H groups in total. The van der Waals surface area contributed by atoms with Gasteiger partial charge in [-0.15, -0.1) is 0 Å². The Hall–Kier alpha value is -0.0400. The van der Waals surface area contributed by atoms with E-state index in [0.29, 0.717) is 21.7 Å². The van der Waals surface area contributed by atoms with Gasteiger partial charge < -0.3 is 4.90 Å². The molecular formula is C20H43N. The Bertz CT molecular complexity index is 304. The molecule has 128 valence electrons. The Morgan fingerprint density at radius 1 is 0.619 bits per heavy atom. The lowest BCUT2D eigenvalue weighted by atomic mass is 9.73. The van der Waals surface area contributed by atoms with E-state index in [0.717, 1.165) is 0 Å². The molecule has 0 fully saturated rings. The van der Waals surface area contributed by atoms with Gasteiger partial charge in [0.1, 0.15) is 0 Å². The minimum atomic E-state index is 0.378. The molecule has 0 unspecified atom stereocenters. The van der Waals surface area contributed by atoms with E-state index >= 15 is 0 Å². The van der Waals surface area contributed by atoms with Crippen molar-refractivity contribution in [2.45, 2.75) is 88.5 Å². The molecule has 0 saturated heterocycles. The highest BCUT2D eigenvalue weighted by Gasteiger charge is 2.31. The van der Waals surface area contributed by atoms with Gasteiger partial charge in [-0.2, -0.15) is 0 Å². The second kappa shape index (κ2) is 7.02. The fraction of sp³-hybridized carbons (Fsp3) is 1.00. The van der Waals surface area contributed by atoms with Crippen LogP contribution in [0.3, 0.4) is 0 Å². The maximum Gasteiger partial charge on any atom is 0.00301 e. The summed E-state index contributed by atoms with van der Waals surface area (Å²) in [6.45, 7) is 26.2. The van der Waals surface area contributed by atoms with Crippen molar-refractivity contribution in [3.63, 3.8) is 0 Å². The topological polar surface area (TPSA) is 3.24 Å². The average Bonchev–Trinajstić information content (AvgIpc) is 2.08. The van der Waals surface area contributed by atoms with Crippen LogP contribution < -0.4 is 0 Å². The van der Waals surface area contributed by atoms with Crippen molar-refractivity contribution in [2.24, 2.45) is 21.7 Å². The molecule has 0 aliphatic rings. The molecule has 0 atom stereocenters. The Morgan fingerprint density at radius 3 is 1.33 bits per heavy atom. The Kier molecular flexibility index (Phi) is 7.01. The van der Waals surface area contributed by atoms with Crippen LogP contribution in [0.4, 0.5) is 0 Å². The Labute approximate surface area is 135 Å². The zero-order valence-electron chi connectivity index (χ0n) is 17.0. The molecule has 0 rings (SSSR count). The van der Waals surface area contributed by atoms with Crippen molar-refractivity contribution in [3.8, 4) is 0 Å². The zero-order chi connectivity index (χ0) is 17.1. The predicted octanol–water partition coefficient (Wildman–Crippen LogP) is 6.23. The molecule has 0 radical (unpaired) electrons. The second-order valence-corrected chi connectivity index (χ2v) is 10.9. The molecule has 0 aromatic rings. The van der Waals surface area contributed by atoms with E-state index in [1.165, 1.54) is 32.4 Å². The fourth-order valence-corrected chi connectivity index (χ4v) is 4.49. The smallest absolute Gasteiger partial charge is 0.00301 e. The predicted molar refractivity (Wildman–Crippen MR) is 97.8 cm³/mol. The summed E-state index contributed by atoms with van der Waals surface area (Å²) in [5.41, 5.74) is 1.62. The van der Waals surface area contributed by atoms with Gasteiger partial charge in [-0.25, -0.2) is 0 Å². The number of rotatable bonds is 8. The van der Waals surface area contributed by atoms with Crippen molar-refractivity contribution in [1.29, 1.82) is 0 Å². The molecule has 0 heterocycles. The third-order valence-corrected chi connectivity index (χ3v) is 4.32. The van der Waals surface area contributed by atoms with Crippen molar-refractivity contribution in [2.75, 3.05) is 20.1 Å². The molecule has 0 aliphatic carbocycles. The lowest BCUT2D eigenvalue weighted by Crippen LogP contribution is -2.40. The number of nitrogens with zero attached hydrogens (tertiary/aromatic N) is 1. The van der Waals surface area contributed by atoms with Gasteiger partial charge in [-0.3, -0.25) is 0 Å². The first-order chi connectivity index (χ1) is 9.08. The van der Waals surface area contributed by atoms with Crippen LogP contribution in [0.5, 0.6) is 0 Å². The second-order valence-electron chi connectivity index (χ2n) is 10.9. The average molecular weight is 298 g/mol. The van der Waals surface area contributed by atoms with Crippen molar-refractivity contribution >= 4 is 0 Å². The molecule has 0 aliphatic heterocycles. The highest BCUT2D eigenvalue weighted by Crippen LogP contribution is 2.38. The van der Waals surface area contributed by atoms with Gasteiger partial charge in [0.2, 0.25) is 0 Å². The third kappa shape index (κ3) is 10.3. The third-order valence-electron chi connectivity index (χ3n) is 4.32. The van der Waals surface area contributed by atoms with Gasteiger partial charge in [-0.1, -0.05) is 75.7 Å². The van der Waals surface area contributed by atoms with Crippen LogP contribution in [0.25, 0.3) is 0 Å². The lowest BCUT2D eigenvalue weighted by Gasteiger charge is -2.40. The van der Waals surface area contributed by atoms with Crippen molar-refractivity contribution < 1.29 is 0 Å². The van der Waals surface area contributed by atoms with Gasteiger partial charge in [0.15, 0.2) is 0 Å². The van der Waals surface area contributed by atoms with E-state index < -0.39 is 0 Å². The van der Waals surface area contributed by atoms with Crippen LogP contribution in [-0.4, -0.2) is 25.0 Å². The summed E-state index contributed by atoms with van der Waals surface area (Å²) >= 11 is 0. The first-order valence-corrected chi connectivity index (χ1v) is 8.76. The van der Waals surface area contributed by atoms with Crippen LogP contribution in [0, 0.1) is 21.7 Å². The van der Waals surface area contributed by atoms with Gasteiger partial charge in [0.25, 0.3) is 0 Å². The molecule has 21 heavy (non-hydrogen) atoms. The molecule has 0 saturated carbocycles. The molecule has 0 aromatic carbocycles. The lowest BCUT2D eigenvalue weighted by molar-refractivity contribution is 0.0924. The normalized spacial score (nSPS) is 14.9. The van der Waals surface area contributed by atoms with E-state index in [2.05, 4.69) is 81.2 Å². The summed E-state index contributed by atoms with van der Waals surface area (Å²) in [6.07, 6.45) is 3.82. The van der Waals surface area contributed by atoms with E-state index in [4.69, 9.17) is 0 Å². The number of hydrogen-bond donors (Lipinski definition) is 0. The molecule has 0 aromatic heterocycles. The van der Waals surface area contributed by atoms with Crippen LogP contribution in [-0.2, 0) is 0 Å². The summed E-state index contributed by atoms with van der Waals surface area (Å²) in [6, 6.07) is 0. The molecular weight excluding hydrogens is 254 g/mol. The van der Waals surface area contributed by atoms with Crippen molar-refractivity contribution in [3.05, 3.63) is 0 Å². The maximum atomic E-state index is 2.55. The summed E-state index contributed by atoms with van der Waals surface area (Å²) in [5.74, 6) is 0. The van der Waals surface area contributed by atoms with Crippen LogP contribution in [0.15, 0.2) is 0 Å². The fourth-order valence-electron chi connectivity index (χ4n) is 4.49. The molecule has 0 spiro atoms. The first-order valence-electron chi connectivity index (χ1n) is 8.76. The van der Waals surface area contributed by atoms with Crippen LogP contribution in [0.1, 0.15) is 88.5 Å². The molecule has 0 amide bonds. The summed E-state index contributed by atoms with van der Waals surface area (Å²) in [7, 11) is 2.30. The molecule has 1 nitrogen and oxygen atoms in total. The van der Waals surface area contributed by atoms with E-state index in [1.54, 1.807) is 0 Å². The minimum Gasteiger partial charge on any atom is -0.305 e. The molecule has 1 heteroatoms. The van der Waals surface area contributed by atoms with Crippen LogP contribution in [0.2, 0.25) is 0 Å². The highest BCUT2D eigenvalue weighted by atomic mass is 15.1. The monoisotopic (exact) mass is 297 g/mol. The quantitative estimate of drug-likeness (QED) is 0.513. The zero-order valence-corrected chi connectivity index (χ0v) is 17.0. The highest BCUT2D eigenvalue weighted by molar-refractivity contribution is 4.84. The van der Waals surface area contributed by atoms with Gasteiger partial charge >= 0.3 is 0 Å². The van der Waals surface area contributed by atoms with E-state index in [-0.39, 0.29) is 0 Å². The Balaban J connectivity index is 4.58. The summed E-state index contributed by atoms with van der Waals surface area (Å²) < 4.78 is 0. The number of hydrogen-bond acceptors (Lipinski definition) is 1.